The highest BCUT2D eigenvalue weighted by Gasteiger charge is 2.47. The summed E-state index contributed by atoms with van der Waals surface area (Å²) in [5.41, 5.74) is 13.5. The average molecular weight is 808 g/mol. The third kappa shape index (κ3) is 6.21. The lowest BCUT2D eigenvalue weighted by atomic mass is 9.67. The zero-order chi connectivity index (χ0) is 41.7. The lowest BCUT2D eigenvalue weighted by molar-refractivity contribution is 0.359. The van der Waals surface area contributed by atoms with Crippen molar-refractivity contribution in [3.63, 3.8) is 0 Å². The molecule has 0 atom stereocenters. The first-order chi connectivity index (χ1) is 31.2. The summed E-state index contributed by atoms with van der Waals surface area (Å²) >= 11 is 0. The van der Waals surface area contributed by atoms with Crippen molar-refractivity contribution < 1.29 is 9.47 Å². The predicted molar refractivity (Wildman–Crippen MR) is 251 cm³/mol. The smallest absolute Gasteiger partial charge is 0.170 e. The van der Waals surface area contributed by atoms with Gasteiger partial charge in [-0.3, -0.25) is 0 Å². The Morgan fingerprint density at radius 3 is 1.35 bits per heavy atom. The second kappa shape index (κ2) is 14.9. The van der Waals surface area contributed by atoms with Crippen molar-refractivity contribution in [2.75, 3.05) is 0 Å². The quantitative estimate of drug-likeness (QED) is 0.161. The van der Waals surface area contributed by atoms with Gasteiger partial charge in [-0.15, -0.1) is 0 Å². The summed E-state index contributed by atoms with van der Waals surface area (Å²) in [5, 5.41) is 0. The molecule has 5 heteroatoms. The number of hydrogen-bond acceptors (Lipinski definition) is 5. The monoisotopic (exact) mass is 807 g/mol. The Labute approximate surface area is 365 Å². The Morgan fingerprint density at radius 1 is 0.270 bits per heavy atom. The van der Waals surface area contributed by atoms with Crippen LogP contribution in [0.4, 0.5) is 0 Å². The highest BCUT2D eigenvalue weighted by molar-refractivity contribution is 5.88. The van der Waals surface area contributed by atoms with E-state index in [1.165, 1.54) is 27.8 Å². The topological polar surface area (TPSA) is 57.1 Å². The second-order valence-electron chi connectivity index (χ2n) is 15.9. The first-order valence-electron chi connectivity index (χ1n) is 21.2. The Bertz CT molecular complexity index is 3300. The van der Waals surface area contributed by atoms with Crippen LogP contribution in [-0.4, -0.2) is 15.0 Å². The van der Waals surface area contributed by atoms with E-state index in [-0.39, 0.29) is 0 Å². The largest absolute Gasteiger partial charge is 0.450 e. The molecule has 2 aliphatic rings. The van der Waals surface area contributed by atoms with Crippen molar-refractivity contribution in [3.05, 3.63) is 247 Å². The standard InChI is InChI=1S/C58H37N3O2/c1-5-17-38(18-6-1)40-21-15-23-43(33-40)56-59-55(39-19-7-2-8-20-39)60-57(61-56)44-24-16-22-41(34-44)42-31-32-51-52(35-42)63-53-36-48-47-29-13-14-30-49(47)58(45-25-9-3-10-26-45,46-27-11-4-12-28-46)50(48)37-54(53)62-51/h1-37H. The number of hydrogen-bond donors (Lipinski definition) is 0. The van der Waals surface area contributed by atoms with E-state index in [0.29, 0.717) is 40.5 Å². The Kier molecular flexibility index (Phi) is 8.64. The first-order valence-corrected chi connectivity index (χ1v) is 21.2. The van der Waals surface area contributed by atoms with Crippen LogP contribution in [0.25, 0.3) is 67.5 Å². The minimum absolute atomic E-state index is 0.532. The molecule has 5 nitrogen and oxygen atoms in total. The molecule has 2 heterocycles. The summed E-state index contributed by atoms with van der Waals surface area (Å²) in [6.45, 7) is 0. The molecule has 0 saturated heterocycles. The fourth-order valence-electron chi connectivity index (χ4n) is 9.35. The SMILES string of the molecule is c1ccc(-c2cccc(-c3nc(-c4ccccc4)nc(-c4cccc(-c5ccc6c(c5)Oc5cc7c(cc5O6)C(c5ccccc5)(c5ccccc5)c5ccccc5-7)c4)n3)c2)cc1. The van der Waals surface area contributed by atoms with Crippen LogP contribution in [-0.2, 0) is 5.41 Å². The van der Waals surface area contributed by atoms with Crippen LogP contribution in [0.2, 0.25) is 0 Å². The summed E-state index contributed by atoms with van der Waals surface area (Å²) in [4.78, 5) is 15.1. The van der Waals surface area contributed by atoms with Crippen LogP contribution in [0.1, 0.15) is 22.3 Å². The Morgan fingerprint density at radius 2 is 0.714 bits per heavy atom. The minimum Gasteiger partial charge on any atom is -0.450 e. The molecule has 296 valence electrons. The van der Waals surface area contributed by atoms with Gasteiger partial charge in [-0.1, -0.05) is 188 Å². The van der Waals surface area contributed by atoms with Gasteiger partial charge < -0.3 is 9.47 Å². The molecule has 63 heavy (non-hydrogen) atoms. The molecule has 1 aromatic heterocycles. The van der Waals surface area contributed by atoms with Crippen molar-refractivity contribution >= 4 is 0 Å². The maximum Gasteiger partial charge on any atom is 0.170 e. The van der Waals surface area contributed by atoms with E-state index in [2.05, 4.69) is 176 Å². The minimum atomic E-state index is -0.532. The molecule has 0 unspecified atom stereocenters. The molecule has 0 saturated carbocycles. The van der Waals surface area contributed by atoms with Gasteiger partial charge in [0.15, 0.2) is 40.5 Å². The maximum atomic E-state index is 6.79. The Hall–Kier alpha value is -8.41. The highest BCUT2D eigenvalue weighted by Crippen LogP contribution is 2.59. The van der Waals surface area contributed by atoms with Crippen LogP contribution < -0.4 is 9.47 Å². The normalized spacial score (nSPS) is 12.8. The number of nitrogens with zero attached hydrogens (tertiary/aromatic N) is 3. The van der Waals surface area contributed by atoms with Gasteiger partial charge in [-0.2, -0.15) is 0 Å². The van der Waals surface area contributed by atoms with Crippen LogP contribution in [0, 0.1) is 0 Å². The fourth-order valence-corrected chi connectivity index (χ4v) is 9.35. The molecule has 9 aromatic carbocycles. The summed E-state index contributed by atoms with van der Waals surface area (Å²) in [7, 11) is 0. The number of ether oxygens (including phenoxy) is 2. The zero-order valence-corrected chi connectivity index (χ0v) is 34.0. The Balaban J connectivity index is 0.918. The molecule has 0 spiro atoms. The molecule has 0 fully saturated rings. The van der Waals surface area contributed by atoms with Gasteiger partial charge in [0.25, 0.3) is 0 Å². The number of fused-ring (bicyclic) bond motifs is 5. The number of rotatable bonds is 7. The third-order valence-corrected chi connectivity index (χ3v) is 12.3. The lowest BCUT2D eigenvalue weighted by Crippen LogP contribution is -2.28. The number of benzene rings is 9. The van der Waals surface area contributed by atoms with Crippen molar-refractivity contribution in [2.45, 2.75) is 5.41 Å². The van der Waals surface area contributed by atoms with Crippen LogP contribution in [0.15, 0.2) is 224 Å². The van der Waals surface area contributed by atoms with E-state index in [1.807, 2.05) is 48.5 Å². The summed E-state index contributed by atoms with van der Waals surface area (Å²) in [6.07, 6.45) is 0. The van der Waals surface area contributed by atoms with Crippen LogP contribution in [0.3, 0.4) is 0 Å². The van der Waals surface area contributed by atoms with Gasteiger partial charge in [-0.25, -0.2) is 15.0 Å². The zero-order valence-electron chi connectivity index (χ0n) is 34.0. The molecule has 10 aromatic rings. The third-order valence-electron chi connectivity index (χ3n) is 12.3. The van der Waals surface area contributed by atoms with Crippen molar-refractivity contribution in [1.29, 1.82) is 0 Å². The van der Waals surface area contributed by atoms with E-state index < -0.39 is 5.41 Å². The highest BCUT2D eigenvalue weighted by atomic mass is 16.6. The summed E-state index contributed by atoms with van der Waals surface area (Å²) in [6, 6.07) is 77.9. The summed E-state index contributed by atoms with van der Waals surface area (Å²) < 4.78 is 13.5. The van der Waals surface area contributed by atoms with Crippen molar-refractivity contribution in [3.8, 4) is 90.5 Å². The average Bonchev–Trinajstić information content (AvgIpc) is 3.65. The predicted octanol–water partition coefficient (Wildman–Crippen LogP) is 14.5. The molecule has 0 radical (unpaired) electrons. The van der Waals surface area contributed by atoms with E-state index in [4.69, 9.17) is 24.4 Å². The molecule has 0 amide bonds. The van der Waals surface area contributed by atoms with Gasteiger partial charge in [-0.05, 0) is 92.0 Å². The second-order valence-corrected chi connectivity index (χ2v) is 15.9. The van der Waals surface area contributed by atoms with Crippen LogP contribution >= 0.6 is 0 Å². The molecule has 1 aliphatic carbocycles. The van der Waals surface area contributed by atoms with Crippen molar-refractivity contribution in [1.82, 2.24) is 15.0 Å². The molecule has 12 rings (SSSR count). The lowest BCUT2D eigenvalue weighted by Gasteiger charge is -2.34. The maximum absolute atomic E-state index is 6.79. The molecule has 1 aliphatic heterocycles. The van der Waals surface area contributed by atoms with Gasteiger partial charge in [0.05, 0.1) is 5.41 Å². The van der Waals surface area contributed by atoms with Gasteiger partial charge in [0, 0.05) is 16.7 Å². The number of aromatic nitrogens is 3. The van der Waals surface area contributed by atoms with Crippen LogP contribution in [0.5, 0.6) is 23.0 Å². The van der Waals surface area contributed by atoms with Crippen molar-refractivity contribution in [2.24, 2.45) is 0 Å². The van der Waals surface area contributed by atoms with E-state index in [1.54, 1.807) is 0 Å². The van der Waals surface area contributed by atoms with Gasteiger partial charge >= 0.3 is 0 Å². The molecule has 0 bridgehead atoms. The summed E-state index contributed by atoms with van der Waals surface area (Å²) in [5.74, 6) is 4.50. The molecular formula is C58H37N3O2. The fraction of sp³-hybridized carbons (Fsp3) is 0.0172. The first kappa shape index (κ1) is 36.4. The van der Waals surface area contributed by atoms with E-state index in [0.717, 1.165) is 44.5 Å². The van der Waals surface area contributed by atoms with E-state index >= 15 is 0 Å². The van der Waals surface area contributed by atoms with Gasteiger partial charge in [0.2, 0.25) is 0 Å². The molecule has 0 N–H and O–H groups in total. The van der Waals surface area contributed by atoms with E-state index in [9.17, 15) is 0 Å². The molecular weight excluding hydrogens is 771 g/mol. The van der Waals surface area contributed by atoms with Gasteiger partial charge in [0.1, 0.15) is 0 Å².